The molecule has 0 saturated heterocycles. The van der Waals surface area contributed by atoms with E-state index in [1.807, 2.05) is 0 Å². The second-order valence-corrected chi connectivity index (χ2v) is 8.00. The summed E-state index contributed by atoms with van der Waals surface area (Å²) in [6.45, 7) is 1.63. The van der Waals surface area contributed by atoms with Gasteiger partial charge in [0.1, 0.15) is 5.00 Å². The van der Waals surface area contributed by atoms with Crippen LogP contribution in [0.1, 0.15) is 17.3 Å². The third-order valence-corrected chi connectivity index (χ3v) is 5.85. The van der Waals surface area contributed by atoms with Crippen LogP contribution in [0.25, 0.3) is 0 Å². The van der Waals surface area contributed by atoms with Crippen molar-refractivity contribution in [1.29, 1.82) is 0 Å². The van der Waals surface area contributed by atoms with E-state index >= 15 is 0 Å². The lowest BCUT2D eigenvalue weighted by molar-refractivity contribution is -0.115. The number of nitrogens with one attached hydrogen (secondary N) is 4. The molecular weight excluding hydrogens is 430 g/mol. The number of carbonyl (C=O) groups is 4. The van der Waals surface area contributed by atoms with Crippen LogP contribution in [0.3, 0.4) is 0 Å². The first-order valence-corrected chi connectivity index (χ1v) is 10.6. The van der Waals surface area contributed by atoms with Crippen molar-refractivity contribution >= 4 is 63.3 Å². The lowest BCUT2D eigenvalue weighted by atomic mass is 10.2. The van der Waals surface area contributed by atoms with Crippen LogP contribution in [0.4, 0.5) is 21.2 Å². The summed E-state index contributed by atoms with van der Waals surface area (Å²) in [7, 11) is 0. The van der Waals surface area contributed by atoms with E-state index in [2.05, 4.69) is 26.0 Å². The number of ether oxygens (including phenoxy) is 1. The Kier molecular flexibility index (Phi) is 6.92. The van der Waals surface area contributed by atoms with Gasteiger partial charge in [-0.1, -0.05) is 11.8 Å². The summed E-state index contributed by atoms with van der Waals surface area (Å²) in [5.41, 5.74) is 6.79. The van der Waals surface area contributed by atoms with E-state index in [9.17, 15) is 19.2 Å². The molecule has 4 amide bonds. The van der Waals surface area contributed by atoms with Crippen molar-refractivity contribution < 1.29 is 23.9 Å². The number of amides is 4. The van der Waals surface area contributed by atoms with E-state index in [1.54, 1.807) is 30.5 Å². The maximum Gasteiger partial charge on any atom is 0.414 e. The summed E-state index contributed by atoms with van der Waals surface area (Å²) >= 11 is 2.43. The fourth-order valence-corrected chi connectivity index (χ4v) is 4.38. The molecule has 158 valence electrons. The zero-order valence-corrected chi connectivity index (χ0v) is 17.4. The van der Waals surface area contributed by atoms with E-state index in [1.165, 1.54) is 17.8 Å². The molecule has 1 aromatic heterocycles. The normalized spacial score (nSPS) is 14.3. The minimum atomic E-state index is -0.855. The molecule has 0 bridgehead atoms. The number of carbonyl (C=O) groups excluding carboxylic acids is 4. The zero-order valence-electron chi connectivity index (χ0n) is 15.8. The Morgan fingerprint density at radius 2 is 2.00 bits per heavy atom. The van der Waals surface area contributed by atoms with Crippen molar-refractivity contribution in [2.24, 2.45) is 5.73 Å². The number of benzene rings is 1. The zero-order chi connectivity index (χ0) is 21.7. The van der Waals surface area contributed by atoms with Gasteiger partial charge in [0, 0.05) is 16.3 Å². The molecule has 1 atom stereocenters. The van der Waals surface area contributed by atoms with Crippen LogP contribution in [0.2, 0.25) is 0 Å². The molecule has 1 unspecified atom stereocenters. The molecule has 1 aliphatic heterocycles. The Labute approximate surface area is 179 Å². The molecule has 2 aromatic rings. The van der Waals surface area contributed by atoms with Gasteiger partial charge in [-0.3, -0.25) is 19.7 Å². The van der Waals surface area contributed by atoms with Gasteiger partial charge >= 0.3 is 6.09 Å². The van der Waals surface area contributed by atoms with Crippen LogP contribution in [-0.4, -0.2) is 42.3 Å². The molecule has 0 radical (unpaired) electrons. The third kappa shape index (κ3) is 5.09. The van der Waals surface area contributed by atoms with E-state index in [0.717, 1.165) is 21.9 Å². The fraction of sp³-hybridized carbons (Fsp3) is 0.222. The van der Waals surface area contributed by atoms with Gasteiger partial charge in [-0.25, -0.2) is 4.79 Å². The second kappa shape index (κ2) is 9.61. The minimum absolute atomic E-state index is 0.125. The van der Waals surface area contributed by atoms with Crippen LogP contribution in [0.5, 0.6) is 0 Å². The highest BCUT2D eigenvalue weighted by Gasteiger charge is 2.29. The van der Waals surface area contributed by atoms with Gasteiger partial charge in [0.25, 0.3) is 11.8 Å². The van der Waals surface area contributed by atoms with Gasteiger partial charge in [-0.05, 0) is 36.6 Å². The van der Waals surface area contributed by atoms with Crippen molar-refractivity contribution in [3.05, 3.63) is 35.2 Å². The summed E-state index contributed by atoms with van der Waals surface area (Å²) in [6, 6.07) is 6.71. The summed E-state index contributed by atoms with van der Waals surface area (Å²) in [6.07, 6.45) is -0.855. The lowest BCUT2D eigenvalue weighted by Gasteiger charge is -2.11. The van der Waals surface area contributed by atoms with Crippen LogP contribution >= 0.6 is 23.1 Å². The van der Waals surface area contributed by atoms with Crippen molar-refractivity contribution in [2.45, 2.75) is 17.2 Å². The second-order valence-electron chi connectivity index (χ2n) is 5.93. The molecule has 2 heterocycles. The molecule has 1 aromatic carbocycles. The van der Waals surface area contributed by atoms with Gasteiger partial charge in [0.05, 0.1) is 18.7 Å². The molecule has 6 N–H and O–H groups in total. The molecule has 30 heavy (non-hydrogen) atoms. The molecule has 1 aliphatic rings. The number of imide groups is 1. The number of hydrogen-bond acceptors (Lipinski definition) is 9. The number of fused-ring (bicyclic) bond motifs is 1. The number of thioether (sulfide) groups is 1. The molecular formula is C18H19N5O5S2. The maximum absolute atomic E-state index is 12.7. The summed E-state index contributed by atoms with van der Waals surface area (Å²) in [5.74, 6) is -1.34. The van der Waals surface area contributed by atoms with Crippen molar-refractivity contribution in [1.82, 2.24) is 5.32 Å². The Hall–Kier alpha value is -3.09. The number of thiophene rings is 1. The van der Waals surface area contributed by atoms with Crippen LogP contribution in [-0.2, 0) is 14.3 Å². The quantitative estimate of drug-likeness (QED) is 0.449. The van der Waals surface area contributed by atoms with Crippen molar-refractivity contribution in [3.63, 3.8) is 0 Å². The van der Waals surface area contributed by atoms with Crippen molar-refractivity contribution in [3.8, 4) is 0 Å². The van der Waals surface area contributed by atoms with Gasteiger partial charge in [0.15, 0.2) is 5.37 Å². The molecule has 0 spiro atoms. The van der Waals surface area contributed by atoms with Crippen LogP contribution in [0, 0.1) is 0 Å². The average Bonchev–Trinajstić information content (AvgIpc) is 3.34. The molecule has 12 heteroatoms. The smallest absolute Gasteiger partial charge is 0.414 e. The van der Waals surface area contributed by atoms with Crippen LogP contribution in [0.15, 0.2) is 34.5 Å². The monoisotopic (exact) mass is 449 g/mol. The number of alkyl carbamates (subject to hydrolysis) is 1. The highest BCUT2D eigenvalue weighted by Crippen LogP contribution is 2.40. The molecule has 0 fully saturated rings. The summed E-state index contributed by atoms with van der Waals surface area (Å²) in [5, 5.41) is 11.9. The fourth-order valence-electron chi connectivity index (χ4n) is 2.54. The Morgan fingerprint density at radius 3 is 2.73 bits per heavy atom. The largest absolute Gasteiger partial charge is 0.450 e. The lowest BCUT2D eigenvalue weighted by Crippen LogP contribution is -2.32. The summed E-state index contributed by atoms with van der Waals surface area (Å²) < 4.78 is 4.69. The summed E-state index contributed by atoms with van der Waals surface area (Å²) in [4.78, 5) is 48.6. The Bertz CT molecular complexity index is 993. The van der Waals surface area contributed by atoms with E-state index < -0.39 is 17.4 Å². The topological polar surface area (TPSA) is 152 Å². The number of rotatable bonds is 6. The number of anilines is 3. The standard InChI is InChI=1S/C18H19N5O5S2/c1-2-28-18(27)23-14(25)10-5-6-29-16(10)22-15(26)17-21-11-4-3-9(7-12(11)30-17)20-13(24)8-19/h3-7,17,21H,2,8,19H2,1H3,(H,20,24)(H,22,26)(H,23,25,27). The first-order chi connectivity index (χ1) is 14.4. The van der Waals surface area contributed by atoms with Crippen molar-refractivity contribution in [2.75, 3.05) is 29.1 Å². The highest BCUT2D eigenvalue weighted by atomic mass is 32.2. The number of nitrogens with two attached hydrogens (primary N) is 1. The highest BCUT2D eigenvalue weighted by molar-refractivity contribution is 8.01. The van der Waals surface area contributed by atoms with Crippen LogP contribution < -0.4 is 27.0 Å². The Morgan fingerprint density at radius 1 is 1.20 bits per heavy atom. The van der Waals surface area contributed by atoms with Gasteiger partial charge in [-0.2, -0.15) is 0 Å². The first kappa shape index (κ1) is 21.6. The SMILES string of the molecule is CCOC(=O)NC(=O)c1ccsc1NC(=O)C1Nc2ccc(NC(=O)CN)cc2S1. The van der Waals surface area contributed by atoms with Gasteiger partial charge < -0.3 is 26.4 Å². The third-order valence-electron chi connectivity index (χ3n) is 3.86. The Balaban J connectivity index is 1.63. The first-order valence-electron chi connectivity index (χ1n) is 8.85. The maximum atomic E-state index is 12.7. The molecule has 0 aliphatic carbocycles. The predicted octanol–water partition coefficient (Wildman–Crippen LogP) is 2.01. The van der Waals surface area contributed by atoms with E-state index in [-0.39, 0.29) is 30.5 Å². The molecule has 0 saturated carbocycles. The number of hydrogen-bond donors (Lipinski definition) is 5. The molecule has 3 rings (SSSR count). The van der Waals surface area contributed by atoms with Gasteiger partial charge in [-0.15, -0.1) is 11.3 Å². The van der Waals surface area contributed by atoms with E-state index in [4.69, 9.17) is 5.73 Å². The predicted molar refractivity (Wildman–Crippen MR) is 115 cm³/mol. The van der Waals surface area contributed by atoms with E-state index in [0.29, 0.717) is 10.7 Å². The minimum Gasteiger partial charge on any atom is -0.450 e. The van der Waals surface area contributed by atoms with Gasteiger partial charge in [0.2, 0.25) is 5.91 Å². The average molecular weight is 450 g/mol. The molecule has 10 nitrogen and oxygen atoms in total.